The minimum absolute atomic E-state index is 0.612. The highest BCUT2D eigenvalue weighted by molar-refractivity contribution is 7.99. The van der Waals surface area contributed by atoms with Crippen LogP contribution in [0.5, 0.6) is 0 Å². The molecule has 0 aliphatic carbocycles. The number of rotatable bonds is 4. The topological polar surface area (TPSA) is 69.9 Å². The van der Waals surface area contributed by atoms with Crippen LogP contribution in [0.4, 0.5) is 0 Å². The van der Waals surface area contributed by atoms with Crippen molar-refractivity contribution in [3.05, 3.63) is 30.2 Å². The van der Waals surface area contributed by atoms with Gasteiger partial charge in [-0.3, -0.25) is 0 Å². The summed E-state index contributed by atoms with van der Waals surface area (Å²) in [4.78, 5) is 0. The van der Waals surface area contributed by atoms with Gasteiger partial charge < -0.3 is 10.3 Å². The van der Waals surface area contributed by atoms with E-state index in [9.17, 15) is 0 Å². The molecule has 5 nitrogen and oxygen atoms in total. The first kappa shape index (κ1) is 11.8. The molecule has 2 aromatic heterocycles. The molecule has 2 aromatic rings. The lowest BCUT2D eigenvalue weighted by atomic mass is 10.2. The van der Waals surface area contributed by atoms with E-state index in [-0.39, 0.29) is 0 Å². The minimum Gasteiger partial charge on any atom is -0.469 e. The Bertz CT molecular complexity index is 543. The molecule has 2 N–H and O–H groups in total. The van der Waals surface area contributed by atoms with Crippen LogP contribution < -0.4 is 5.84 Å². The van der Waals surface area contributed by atoms with Gasteiger partial charge >= 0.3 is 0 Å². The third kappa shape index (κ3) is 2.36. The van der Waals surface area contributed by atoms with Crippen LogP contribution in [0, 0.1) is 6.92 Å². The Labute approximate surface area is 104 Å². The first-order valence-electron chi connectivity index (χ1n) is 5.11. The fraction of sp³-hybridized carbons (Fsp3) is 0.273. The lowest BCUT2D eigenvalue weighted by Crippen LogP contribution is -2.11. The van der Waals surface area contributed by atoms with Crippen LogP contribution in [0.3, 0.4) is 0 Å². The summed E-state index contributed by atoms with van der Waals surface area (Å²) >= 11 is 1.51. The highest BCUT2D eigenvalue weighted by Gasteiger charge is 2.15. The molecule has 0 aliphatic heterocycles. The summed E-state index contributed by atoms with van der Waals surface area (Å²) in [5.41, 5.74) is 1.93. The number of hydrogen-bond donors (Lipinski definition) is 1. The summed E-state index contributed by atoms with van der Waals surface area (Å²) in [5.74, 6) is 8.12. The predicted molar refractivity (Wildman–Crippen MR) is 68.1 cm³/mol. The molecule has 90 valence electrons. The van der Waals surface area contributed by atoms with Crippen molar-refractivity contribution < 1.29 is 4.42 Å². The van der Waals surface area contributed by atoms with E-state index in [1.807, 2.05) is 19.9 Å². The van der Waals surface area contributed by atoms with Gasteiger partial charge in [0.15, 0.2) is 5.82 Å². The number of nitrogens with zero attached hydrogens (tertiary/aromatic N) is 3. The number of nitrogens with two attached hydrogens (primary N) is 1. The van der Waals surface area contributed by atoms with Crippen LogP contribution in [0.15, 0.2) is 34.1 Å². The molecule has 0 fully saturated rings. The molecule has 6 heteroatoms. The highest BCUT2D eigenvalue weighted by atomic mass is 32.2. The maximum atomic E-state index is 5.95. The van der Waals surface area contributed by atoms with Gasteiger partial charge in [0.05, 0.1) is 11.8 Å². The van der Waals surface area contributed by atoms with Crippen molar-refractivity contribution in [2.45, 2.75) is 19.0 Å². The van der Waals surface area contributed by atoms with E-state index in [1.54, 1.807) is 6.26 Å². The van der Waals surface area contributed by atoms with E-state index >= 15 is 0 Å². The first-order chi connectivity index (χ1) is 8.09. The molecule has 2 rings (SSSR count). The molecule has 17 heavy (non-hydrogen) atoms. The van der Waals surface area contributed by atoms with Crippen LogP contribution in [0.1, 0.15) is 12.7 Å². The first-order valence-corrected chi connectivity index (χ1v) is 6.10. The smallest absolute Gasteiger partial charge is 0.210 e. The van der Waals surface area contributed by atoms with Crippen LogP contribution in [-0.2, 0) is 0 Å². The third-order valence-corrected chi connectivity index (χ3v) is 3.39. The summed E-state index contributed by atoms with van der Waals surface area (Å²) in [7, 11) is 0. The number of aromatic nitrogens is 3. The van der Waals surface area contributed by atoms with E-state index in [4.69, 9.17) is 10.3 Å². The predicted octanol–water partition coefficient (Wildman–Crippen LogP) is 2.23. The van der Waals surface area contributed by atoms with Crippen molar-refractivity contribution in [1.29, 1.82) is 0 Å². The van der Waals surface area contributed by atoms with Gasteiger partial charge in [0.1, 0.15) is 5.76 Å². The fourth-order valence-corrected chi connectivity index (χ4v) is 2.06. The zero-order valence-corrected chi connectivity index (χ0v) is 10.6. The van der Waals surface area contributed by atoms with Gasteiger partial charge in [-0.15, -0.1) is 10.2 Å². The molecule has 0 radical (unpaired) electrons. The summed E-state index contributed by atoms with van der Waals surface area (Å²) in [6.07, 6.45) is 1.61. The lowest BCUT2D eigenvalue weighted by Gasteiger charge is -2.02. The molecule has 0 aromatic carbocycles. The number of hydrogen-bond acceptors (Lipinski definition) is 5. The number of aryl methyl sites for hydroxylation is 1. The number of thioether (sulfide) groups is 1. The third-order valence-electron chi connectivity index (χ3n) is 2.21. The summed E-state index contributed by atoms with van der Waals surface area (Å²) < 4.78 is 6.70. The second-order valence-electron chi connectivity index (χ2n) is 3.81. The summed E-state index contributed by atoms with van der Waals surface area (Å²) in [5, 5.41) is 8.80. The second-order valence-corrected chi connectivity index (χ2v) is 4.75. The van der Waals surface area contributed by atoms with Gasteiger partial charge in [-0.25, -0.2) is 4.68 Å². The van der Waals surface area contributed by atoms with Crippen molar-refractivity contribution in [3.8, 4) is 11.4 Å². The summed E-state index contributed by atoms with van der Waals surface area (Å²) in [6, 6.07) is 1.83. The average molecular weight is 250 g/mol. The lowest BCUT2D eigenvalue weighted by molar-refractivity contribution is 0.535. The zero-order chi connectivity index (χ0) is 12.4. The molecule has 2 heterocycles. The Balaban J connectivity index is 2.27. The van der Waals surface area contributed by atoms with Crippen molar-refractivity contribution in [2.75, 3.05) is 11.6 Å². The van der Waals surface area contributed by atoms with Crippen molar-refractivity contribution in [2.24, 2.45) is 0 Å². The molecule has 0 bridgehead atoms. The fourth-order valence-electron chi connectivity index (χ4n) is 1.36. The van der Waals surface area contributed by atoms with Crippen LogP contribution in [0.25, 0.3) is 11.4 Å². The molecule has 0 saturated carbocycles. The Morgan fingerprint density at radius 1 is 1.59 bits per heavy atom. The standard InChI is InChI=1S/C11H14N4OS/c1-7(2)6-17-11-14-13-10(15(11)12)9-4-5-16-8(9)3/h4-5H,1,6,12H2,2-3H3. The molecule has 0 unspecified atom stereocenters. The number of furan rings is 1. The Hall–Kier alpha value is -1.69. The van der Waals surface area contributed by atoms with E-state index in [2.05, 4.69) is 16.8 Å². The largest absolute Gasteiger partial charge is 0.469 e. The summed E-state index contributed by atoms with van der Waals surface area (Å²) in [6.45, 7) is 7.67. The quantitative estimate of drug-likeness (QED) is 0.512. The second kappa shape index (κ2) is 4.67. The molecule has 0 spiro atoms. The highest BCUT2D eigenvalue weighted by Crippen LogP contribution is 2.25. The van der Waals surface area contributed by atoms with E-state index in [0.29, 0.717) is 11.0 Å². The van der Waals surface area contributed by atoms with Crippen LogP contribution >= 0.6 is 11.8 Å². The van der Waals surface area contributed by atoms with Gasteiger partial charge in [0.2, 0.25) is 5.16 Å². The Kier molecular flexibility index (Phi) is 3.23. The van der Waals surface area contributed by atoms with Gasteiger partial charge in [-0.2, -0.15) is 0 Å². The molecule has 0 saturated heterocycles. The van der Waals surface area contributed by atoms with Crippen molar-refractivity contribution in [1.82, 2.24) is 14.9 Å². The molecular weight excluding hydrogens is 236 g/mol. The van der Waals surface area contributed by atoms with Gasteiger partial charge in [0, 0.05) is 5.75 Å². The SMILES string of the molecule is C=C(C)CSc1nnc(-c2ccoc2C)n1N. The molecular formula is C11H14N4OS. The van der Waals surface area contributed by atoms with E-state index in [0.717, 1.165) is 22.6 Å². The van der Waals surface area contributed by atoms with Crippen molar-refractivity contribution in [3.63, 3.8) is 0 Å². The zero-order valence-electron chi connectivity index (χ0n) is 9.80. The maximum absolute atomic E-state index is 5.95. The van der Waals surface area contributed by atoms with Crippen LogP contribution in [-0.4, -0.2) is 20.6 Å². The average Bonchev–Trinajstić information content (AvgIpc) is 2.82. The monoisotopic (exact) mass is 250 g/mol. The van der Waals surface area contributed by atoms with Gasteiger partial charge in [0.25, 0.3) is 0 Å². The molecule has 0 atom stereocenters. The normalized spacial score (nSPS) is 10.7. The Morgan fingerprint density at radius 3 is 2.94 bits per heavy atom. The minimum atomic E-state index is 0.612. The van der Waals surface area contributed by atoms with Crippen LogP contribution in [0.2, 0.25) is 0 Å². The maximum Gasteiger partial charge on any atom is 0.210 e. The molecule has 0 aliphatic rings. The van der Waals surface area contributed by atoms with Gasteiger partial charge in [-0.1, -0.05) is 23.9 Å². The van der Waals surface area contributed by atoms with Gasteiger partial charge in [-0.05, 0) is 19.9 Å². The van der Waals surface area contributed by atoms with E-state index in [1.165, 1.54) is 16.4 Å². The van der Waals surface area contributed by atoms with E-state index < -0.39 is 0 Å². The Morgan fingerprint density at radius 2 is 2.35 bits per heavy atom. The number of nitrogen functional groups attached to an aromatic ring is 1. The van der Waals surface area contributed by atoms with Crippen molar-refractivity contribution >= 4 is 11.8 Å². The molecule has 0 amide bonds.